The average Bonchev–Trinajstić information content (AvgIpc) is 0.774. The molecule has 0 N–H and O–H groups in total. The first-order valence-corrected chi connectivity index (χ1v) is 35.0. The summed E-state index contributed by atoms with van der Waals surface area (Å²) in [6.45, 7) is 18.9. The van der Waals surface area contributed by atoms with Crippen molar-refractivity contribution in [2.24, 2.45) is 0 Å². The maximum Gasteiger partial charge on any atom is 0.252 e. The van der Waals surface area contributed by atoms with Gasteiger partial charge in [-0.3, -0.25) is 0 Å². The number of hydrogen-bond donors (Lipinski definition) is 0. The Hall–Kier alpha value is -9.88. The minimum Gasteiger partial charge on any atom is -0.311 e. The lowest BCUT2D eigenvalue weighted by atomic mass is 9.33. The second-order valence-corrected chi connectivity index (χ2v) is 29.5. The van der Waals surface area contributed by atoms with Crippen LogP contribution in [0.5, 0.6) is 0 Å². The zero-order valence-corrected chi connectivity index (χ0v) is 56.0. The topological polar surface area (TPSA) is 16.3 Å². The largest absolute Gasteiger partial charge is 0.311 e. The first-order valence-electron chi connectivity index (χ1n) is 34.1. The maximum atomic E-state index is 2.84. The van der Waals surface area contributed by atoms with Gasteiger partial charge in [0.05, 0.1) is 33.4 Å². The van der Waals surface area contributed by atoms with Crippen LogP contribution in [-0.4, -0.2) is 15.8 Å². The van der Waals surface area contributed by atoms with Gasteiger partial charge in [-0.15, -0.1) is 11.3 Å². The third-order valence-electron chi connectivity index (χ3n) is 20.6. The molecule has 5 heterocycles. The molecular weight excluding hydrogens is 1160 g/mol. The Kier molecular flexibility index (Phi) is 13.8. The number of nitrogens with zero attached hydrogens (tertiary/aromatic N) is 4. The SMILES string of the molecule is CCCCc1cc2c(sc3ccccc32)c(CCCC)c1N1c2cc(-n3c4ccccc4c4ccccc43)ccc2B2c3ccc(-n4c5ccccc5c5ccccc54)cc3N(c3c(-c4ccccc4)cc(C(C)(C)C)cc3-c3ccccc3)c3cc(C(C)(C)C)cc1c32. The average molecular weight is 1230 g/mol. The summed E-state index contributed by atoms with van der Waals surface area (Å²) in [4.78, 5) is 5.60. The third kappa shape index (κ3) is 9.14. The standard InChI is InChI=1S/C88H77BN4S/c1-9-11-29-58-49-71-67-39-23-28-44-82(67)94-86(71)68(34-12-10-2)84(58)92-78-54-61(90-74-40-24-19-35-63(74)64-36-20-25-41-75(64)90)45-47-72(78)89-73-48-46-62(91-76-42-26-21-37-65(76)66-38-22-27-43-77(66)91)55-79(73)93(81-53-60(88(6,7)8)52-80(92)83(81)89)85-69(56-30-15-13-16-31-56)50-59(87(3,4)5)51-70(85)57-32-17-14-18-33-57/h13-28,30-33,35-55H,9-12,29,34H2,1-8H3. The van der Waals surface area contributed by atoms with Gasteiger partial charge in [-0.05, 0) is 171 Å². The molecule has 17 rings (SSSR count). The molecule has 0 spiro atoms. The van der Waals surface area contributed by atoms with Crippen LogP contribution in [0, 0.1) is 0 Å². The minimum absolute atomic E-state index is 0.156. The van der Waals surface area contributed by atoms with Crippen LogP contribution in [0.25, 0.3) is 97.4 Å². The molecule has 3 aromatic heterocycles. The molecule has 0 radical (unpaired) electrons. The van der Waals surface area contributed by atoms with Crippen LogP contribution in [-0.2, 0) is 23.7 Å². The molecule has 94 heavy (non-hydrogen) atoms. The molecule has 4 nitrogen and oxygen atoms in total. The van der Waals surface area contributed by atoms with E-state index in [2.05, 4.69) is 323 Å². The fourth-order valence-corrected chi connectivity index (χ4v) is 17.2. The predicted molar refractivity (Wildman–Crippen MR) is 408 cm³/mol. The van der Waals surface area contributed by atoms with Gasteiger partial charge in [0.25, 0.3) is 6.71 Å². The fraction of sp³-hybridized carbons (Fsp3) is 0.182. The van der Waals surface area contributed by atoms with E-state index in [-0.39, 0.29) is 17.5 Å². The van der Waals surface area contributed by atoms with E-state index in [1.54, 1.807) is 0 Å². The van der Waals surface area contributed by atoms with Crippen molar-refractivity contribution in [3.05, 3.63) is 271 Å². The van der Waals surface area contributed by atoms with Crippen LogP contribution < -0.4 is 26.2 Å². The van der Waals surface area contributed by atoms with E-state index < -0.39 is 0 Å². The van der Waals surface area contributed by atoms with Crippen LogP contribution in [0.3, 0.4) is 0 Å². The third-order valence-corrected chi connectivity index (χ3v) is 21.8. The molecule has 15 aromatic rings. The van der Waals surface area contributed by atoms with Crippen molar-refractivity contribution in [1.29, 1.82) is 0 Å². The van der Waals surface area contributed by atoms with Gasteiger partial charge in [-0.1, -0.05) is 232 Å². The second-order valence-electron chi connectivity index (χ2n) is 28.5. The number of thiophene rings is 1. The summed E-state index contributed by atoms with van der Waals surface area (Å²) in [6.07, 6.45) is 6.31. The van der Waals surface area contributed by atoms with Crippen molar-refractivity contribution in [3.63, 3.8) is 0 Å². The number of aromatic nitrogens is 2. The molecule has 0 fully saturated rings. The number of hydrogen-bond acceptors (Lipinski definition) is 3. The summed E-state index contributed by atoms with van der Waals surface area (Å²) in [7, 11) is 0. The minimum atomic E-state index is -0.263. The van der Waals surface area contributed by atoms with Crippen molar-refractivity contribution in [2.75, 3.05) is 9.80 Å². The molecule has 0 saturated heterocycles. The monoisotopic (exact) mass is 1230 g/mol. The summed E-state index contributed by atoms with van der Waals surface area (Å²) in [5.41, 5.74) is 28.3. The Morgan fingerprint density at radius 3 is 1.26 bits per heavy atom. The van der Waals surface area contributed by atoms with Gasteiger partial charge >= 0.3 is 0 Å². The van der Waals surface area contributed by atoms with Gasteiger partial charge in [0.15, 0.2) is 0 Å². The van der Waals surface area contributed by atoms with Crippen LogP contribution in [0.1, 0.15) is 103 Å². The Balaban J connectivity index is 1.06. The summed E-state index contributed by atoms with van der Waals surface area (Å²) in [5.74, 6) is 0. The van der Waals surface area contributed by atoms with E-state index in [1.807, 2.05) is 11.3 Å². The van der Waals surface area contributed by atoms with E-state index in [0.29, 0.717) is 0 Å². The second kappa shape index (κ2) is 22.4. The van der Waals surface area contributed by atoms with E-state index in [1.165, 1.54) is 159 Å². The lowest BCUT2D eigenvalue weighted by Gasteiger charge is -2.46. The predicted octanol–water partition coefficient (Wildman–Crippen LogP) is 22.9. The molecule has 2 aliphatic heterocycles. The number of benzene rings is 12. The van der Waals surface area contributed by atoms with Crippen LogP contribution >= 0.6 is 11.3 Å². The molecule has 0 aliphatic carbocycles. The highest BCUT2D eigenvalue weighted by molar-refractivity contribution is 7.26. The Morgan fingerprint density at radius 1 is 0.372 bits per heavy atom. The van der Waals surface area contributed by atoms with E-state index in [0.717, 1.165) is 49.9 Å². The lowest BCUT2D eigenvalue weighted by molar-refractivity contribution is 0.590. The smallest absolute Gasteiger partial charge is 0.252 e. The lowest BCUT2D eigenvalue weighted by Crippen LogP contribution is -2.61. The first kappa shape index (κ1) is 58.0. The molecule has 0 atom stereocenters. The van der Waals surface area contributed by atoms with Gasteiger partial charge in [0.1, 0.15) is 0 Å². The van der Waals surface area contributed by atoms with Crippen LogP contribution in [0.2, 0.25) is 0 Å². The molecule has 0 amide bonds. The zero-order chi connectivity index (χ0) is 63.7. The van der Waals surface area contributed by atoms with Gasteiger partial charge in [-0.2, -0.15) is 0 Å². The van der Waals surface area contributed by atoms with Gasteiger partial charge < -0.3 is 18.9 Å². The summed E-state index contributed by atoms with van der Waals surface area (Å²) < 4.78 is 7.81. The number of para-hydroxylation sites is 4. The highest BCUT2D eigenvalue weighted by Crippen LogP contribution is 2.55. The van der Waals surface area contributed by atoms with Crippen molar-refractivity contribution in [1.82, 2.24) is 9.13 Å². The molecule has 0 bridgehead atoms. The maximum absolute atomic E-state index is 2.84. The molecule has 6 heteroatoms. The summed E-state index contributed by atoms with van der Waals surface area (Å²) in [5, 5.41) is 7.77. The Labute approximate surface area is 557 Å². The van der Waals surface area contributed by atoms with Crippen molar-refractivity contribution in [3.8, 4) is 33.6 Å². The van der Waals surface area contributed by atoms with Crippen LogP contribution in [0.15, 0.2) is 249 Å². The number of anilines is 6. The zero-order valence-electron chi connectivity index (χ0n) is 55.2. The summed E-state index contributed by atoms with van der Waals surface area (Å²) in [6, 6.07) is 95.6. The first-order chi connectivity index (χ1) is 45.9. The quantitative estimate of drug-likeness (QED) is 0.113. The summed E-state index contributed by atoms with van der Waals surface area (Å²) >= 11 is 1.99. The van der Waals surface area contributed by atoms with Crippen molar-refractivity contribution in [2.45, 2.75) is 105 Å². The van der Waals surface area contributed by atoms with Crippen molar-refractivity contribution >= 4 is 132 Å². The van der Waals surface area contributed by atoms with Gasteiger partial charge in [0, 0.05) is 87.0 Å². The highest BCUT2D eigenvalue weighted by Gasteiger charge is 2.46. The molecule has 0 saturated carbocycles. The number of unbranched alkanes of at least 4 members (excludes halogenated alkanes) is 2. The fourth-order valence-electron chi connectivity index (χ4n) is 15.9. The van der Waals surface area contributed by atoms with E-state index in [9.17, 15) is 0 Å². The Bertz CT molecular complexity index is 5350. The number of fused-ring (bicyclic) bond motifs is 13. The molecule has 458 valence electrons. The molecular formula is C88H77BN4S. The van der Waals surface area contributed by atoms with Crippen molar-refractivity contribution < 1.29 is 0 Å². The molecule has 2 aliphatic rings. The molecule has 0 unspecified atom stereocenters. The van der Waals surface area contributed by atoms with E-state index in [4.69, 9.17) is 0 Å². The van der Waals surface area contributed by atoms with Gasteiger partial charge in [0.2, 0.25) is 0 Å². The van der Waals surface area contributed by atoms with E-state index >= 15 is 0 Å². The Morgan fingerprint density at radius 2 is 0.787 bits per heavy atom. The number of rotatable bonds is 12. The van der Waals surface area contributed by atoms with Crippen LogP contribution in [0.4, 0.5) is 34.1 Å². The highest BCUT2D eigenvalue weighted by atomic mass is 32.1. The molecule has 12 aromatic carbocycles. The normalized spacial score (nSPS) is 13.1. The number of aryl methyl sites for hydroxylation is 2. The van der Waals surface area contributed by atoms with Gasteiger partial charge in [-0.25, -0.2) is 0 Å².